The van der Waals surface area contributed by atoms with E-state index in [1.807, 2.05) is 0 Å². The third-order valence-corrected chi connectivity index (χ3v) is 3.18. The van der Waals surface area contributed by atoms with Gasteiger partial charge in [-0.05, 0) is 30.7 Å². The molecule has 19 heavy (non-hydrogen) atoms. The average molecular weight is 263 g/mol. The minimum absolute atomic E-state index is 0.0421. The standard InChI is InChI=1S/C14H18FN3O/c15-12-2-4-14(5-3-12)19-9-1-7-18-8-6-17-11-13(18)10-16/h2-5,13,17H,1,6-9,11H2. The van der Waals surface area contributed by atoms with E-state index >= 15 is 0 Å². The maximum atomic E-state index is 12.7. The minimum Gasteiger partial charge on any atom is -0.494 e. The van der Waals surface area contributed by atoms with Crippen LogP contribution in [0.5, 0.6) is 5.75 Å². The normalized spacial score (nSPS) is 19.9. The fourth-order valence-corrected chi connectivity index (χ4v) is 2.13. The van der Waals surface area contributed by atoms with Gasteiger partial charge in [-0.2, -0.15) is 5.26 Å². The number of piperazine rings is 1. The van der Waals surface area contributed by atoms with E-state index in [0.717, 1.165) is 32.6 Å². The number of hydrogen-bond donors (Lipinski definition) is 1. The highest BCUT2D eigenvalue weighted by Gasteiger charge is 2.20. The summed E-state index contributed by atoms with van der Waals surface area (Å²) in [6.07, 6.45) is 0.857. The maximum Gasteiger partial charge on any atom is 0.123 e. The molecule has 1 unspecified atom stereocenters. The predicted molar refractivity (Wildman–Crippen MR) is 70.4 cm³/mol. The first-order valence-corrected chi connectivity index (χ1v) is 6.52. The largest absolute Gasteiger partial charge is 0.494 e. The van der Waals surface area contributed by atoms with Gasteiger partial charge in [-0.15, -0.1) is 0 Å². The van der Waals surface area contributed by atoms with Gasteiger partial charge < -0.3 is 10.1 Å². The van der Waals surface area contributed by atoms with Crippen LogP contribution in [0, 0.1) is 17.1 Å². The number of nitriles is 1. The van der Waals surface area contributed by atoms with Crippen molar-refractivity contribution in [2.45, 2.75) is 12.5 Å². The summed E-state index contributed by atoms with van der Waals surface area (Å²) in [7, 11) is 0. The van der Waals surface area contributed by atoms with Gasteiger partial charge in [0, 0.05) is 26.2 Å². The van der Waals surface area contributed by atoms with Crippen molar-refractivity contribution in [1.29, 1.82) is 5.26 Å². The highest BCUT2D eigenvalue weighted by molar-refractivity contribution is 5.21. The van der Waals surface area contributed by atoms with Gasteiger partial charge >= 0.3 is 0 Å². The number of rotatable bonds is 5. The third kappa shape index (κ3) is 4.19. The fourth-order valence-electron chi connectivity index (χ4n) is 2.13. The second kappa shape index (κ2) is 7.07. The molecule has 0 spiro atoms. The Labute approximate surface area is 112 Å². The molecule has 0 amide bonds. The van der Waals surface area contributed by atoms with Gasteiger partial charge in [0.1, 0.15) is 17.6 Å². The summed E-state index contributed by atoms with van der Waals surface area (Å²) in [5.41, 5.74) is 0. The van der Waals surface area contributed by atoms with E-state index in [-0.39, 0.29) is 11.9 Å². The van der Waals surface area contributed by atoms with E-state index in [9.17, 15) is 4.39 Å². The van der Waals surface area contributed by atoms with Crippen LogP contribution in [0.1, 0.15) is 6.42 Å². The number of benzene rings is 1. The van der Waals surface area contributed by atoms with E-state index in [4.69, 9.17) is 10.00 Å². The lowest BCUT2D eigenvalue weighted by Crippen LogP contribution is -2.50. The van der Waals surface area contributed by atoms with Crippen LogP contribution in [0.2, 0.25) is 0 Å². The van der Waals surface area contributed by atoms with Crippen LogP contribution >= 0.6 is 0 Å². The Morgan fingerprint density at radius 1 is 1.42 bits per heavy atom. The second-order valence-electron chi connectivity index (χ2n) is 4.54. The molecule has 0 bridgehead atoms. The zero-order valence-electron chi connectivity index (χ0n) is 10.8. The fraction of sp³-hybridized carbons (Fsp3) is 0.500. The molecule has 1 atom stereocenters. The van der Waals surface area contributed by atoms with Crippen molar-refractivity contribution in [2.24, 2.45) is 0 Å². The zero-order chi connectivity index (χ0) is 13.5. The van der Waals surface area contributed by atoms with Crippen LogP contribution < -0.4 is 10.1 Å². The number of halogens is 1. The molecule has 4 nitrogen and oxygen atoms in total. The van der Waals surface area contributed by atoms with Crippen molar-refractivity contribution in [3.8, 4) is 11.8 Å². The smallest absolute Gasteiger partial charge is 0.123 e. The van der Waals surface area contributed by atoms with E-state index in [1.54, 1.807) is 12.1 Å². The first-order valence-electron chi connectivity index (χ1n) is 6.52. The first kappa shape index (κ1) is 13.8. The van der Waals surface area contributed by atoms with Crippen LogP contribution in [0.3, 0.4) is 0 Å². The Bertz CT molecular complexity index is 429. The summed E-state index contributed by atoms with van der Waals surface area (Å²) >= 11 is 0. The minimum atomic E-state index is -0.259. The molecule has 0 aromatic heterocycles. The number of hydrogen-bond acceptors (Lipinski definition) is 4. The molecule has 1 aliphatic heterocycles. The Kier molecular flexibility index (Phi) is 5.13. The monoisotopic (exact) mass is 263 g/mol. The van der Waals surface area contributed by atoms with Gasteiger partial charge in [-0.25, -0.2) is 4.39 Å². The van der Waals surface area contributed by atoms with Crippen LogP contribution in [-0.4, -0.2) is 43.7 Å². The van der Waals surface area contributed by atoms with Crippen molar-refractivity contribution in [1.82, 2.24) is 10.2 Å². The highest BCUT2D eigenvalue weighted by Crippen LogP contribution is 2.11. The van der Waals surface area contributed by atoms with E-state index in [1.165, 1.54) is 12.1 Å². The molecule has 1 aliphatic rings. The molecule has 0 saturated carbocycles. The van der Waals surface area contributed by atoms with Crippen molar-refractivity contribution in [2.75, 3.05) is 32.8 Å². The van der Waals surface area contributed by atoms with Crippen LogP contribution in [0.25, 0.3) is 0 Å². The van der Waals surface area contributed by atoms with Crippen LogP contribution in [0.4, 0.5) is 4.39 Å². The van der Waals surface area contributed by atoms with Gasteiger partial charge in [0.05, 0.1) is 12.7 Å². The molecule has 102 valence electrons. The Morgan fingerprint density at radius 2 is 2.21 bits per heavy atom. The van der Waals surface area contributed by atoms with Crippen molar-refractivity contribution >= 4 is 0 Å². The third-order valence-electron chi connectivity index (χ3n) is 3.18. The summed E-state index contributed by atoms with van der Waals surface area (Å²) in [6, 6.07) is 8.28. The molecule has 1 N–H and O–H groups in total. The molecule has 1 fully saturated rings. The van der Waals surface area contributed by atoms with Gasteiger partial charge in [0.25, 0.3) is 0 Å². The molecule has 1 aromatic carbocycles. The first-order chi connectivity index (χ1) is 9.29. The van der Waals surface area contributed by atoms with Gasteiger partial charge in [-0.1, -0.05) is 0 Å². The Balaban J connectivity index is 1.68. The maximum absolute atomic E-state index is 12.7. The van der Waals surface area contributed by atoms with Gasteiger partial charge in [0.2, 0.25) is 0 Å². The summed E-state index contributed by atoms with van der Waals surface area (Å²) < 4.78 is 18.2. The lowest BCUT2D eigenvalue weighted by molar-refractivity contribution is 0.180. The zero-order valence-corrected chi connectivity index (χ0v) is 10.8. The topological polar surface area (TPSA) is 48.3 Å². The predicted octanol–water partition coefficient (Wildman–Crippen LogP) is 1.39. The number of nitrogens with one attached hydrogen (secondary N) is 1. The van der Waals surface area contributed by atoms with Crippen molar-refractivity contribution in [3.63, 3.8) is 0 Å². The molecular formula is C14H18FN3O. The van der Waals surface area contributed by atoms with E-state index < -0.39 is 0 Å². The van der Waals surface area contributed by atoms with Crippen molar-refractivity contribution in [3.05, 3.63) is 30.1 Å². The van der Waals surface area contributed by atoms with Gasteiger partial charge in [0.15, 0.2) is 0 Å². The summed E-state index contributed by atoms with van der Waals surface area (Å²) in [5.74, 6) is 0.420. The molecular weight excluding hydrogens is 245 g/mol. The summed E-state index contributed by atoms with van der Waals surface area (Å²) in [4.78, 5) is 2.17. The Morgan fingerprint density at radius 3 is 2.95 bits per heavy atom. The lowest BCUT2D eigenvalue weighted by atomic mass is 10.2. The summed E-state index contributed by atoms with van der Waals surface area (Å²) in [6.45, 7) is 3.98. The number of ether oxygens (including phenoxy) is 1. The molecule has 1 heterocycles. The molecule has 5 heteroatoms. The van der Waals surface area contributed by atoms with Crippen LogP contribution in [-0.2, 0) is 0 Å². The van der Waals surface area contributed by atoms with Gasteiger partial charge in [-0.3, -0.25) is 4.90 Å². The highest BCUT2D eigenvalue weighted by atomic mass is 19.1. The molecule has 0 radical (unpaired) electrons. The van der Waals surface area contributed by atoms with E-state index in [0.29, 0.717) is 12.4 Å². The molecule has 2 rings (SSSR count). The molecule has 0 aliphatic carbocycles. The second-order valence-corrected chi connectivity index (χ2v) is 4.54. The lowest BCUT2D eigenvalue weighted by Gasteiger charge is -2.31. The Hall–Kier alpha value is -1.64. The van der Waals surface area contributed by atoms with Crippen molar-refractivity contribution < 1.29 is 9.13 Å². The molecule has 1 saturated heterocycles. The summed E-state index contributed by atoms with van der Waals surface area (Å²) in [5, 5.41) is 12.2. The quantitative estimate of drug-likeness (QED) is 0.816. The average Bonchev–Trinajstić information content (AvgIpc) is 2.46. The van der Waals surface area contributed by atoms with Crippen LogP contribution in [0.15, 0.2) is 24.3 Å². The SMILES string of the molecule is N#CC1CNCCN1CCCOc1ccc(F)cc1. The molecule has 1 aromatic rings. The van der Waals surface area contributed by atoms with E-state index in [2.05, 4.69) is 16.3 Å². The number of nitrogens with zero attached hydrogens (tertiary/aromatic N) is 2.